The highest BCUT2D eigenvalue weighted by atomic mass is 32.2. The molecule has 1 saturated carbocycles. The number of aromatic nitrogens is 1. The SMILES string of the molecule is CSC1(CNS(=O)(=O)c2ncccc2N)CCC1. The molecule has 1 aromatic heterocycles. The number of pyridine rings is 1. The fourth-order valence-corrected chi connectivity index (χ4v) is 4.13. The van der Waals surface area contributed by atoms with Crippen LogP contribution in [0.5, 0.6) is 0 Å². The first-order valence-electron chi connectivity index (χ1n) is 5.74. The van der Waals surface area contributed by atoms with E-state index in [-0.39, 0.29) is 15.5 Å². The predicted octanol–water partition coefficient (Wildman–Crippen LogP) is 1.23. The number of thioether (sulfide) groups is 1. The second-order valence-electron chi connectivity index (χ2n) is 4.46. The van der Waals surface area contributed by atoms with E-state index in [4.69, 9.17) is 5.73 Å². The van der Waals surface area contributed by atoms with Gasteiger partial charge >= 0.3 is 0 Å². The second-order valence-corrected chi connectivity index (χ2v) is 7.42. The Morgan fingerprint density at radius 2 is 2.28 bits per heavy atom. The third kappa shape index (κ3) is 2.62. The maximum atomic E-state index is 12.1. The van der Waals surface area contributed by atoms with Crippen LogP contribution in [0.3, 0.4) is 0 Å². The van der Waals surface area contributed by atoms with E-state index in [0.717, 1.165) is 19.3 Å². The van der Waals surface area contributed by atoms with E-state index >= 15 is 0 Å². The minimum absolute atomic E-state index is 0.0522. The highest BCUT2D eigenvalue weighted by molar-refractivity contribution is 8.00. The molecule has 0 saturated heterocycles. The first-order valence-corrected chi connectivity index (χ1v) is 8.45. The lowest BCUT2D eigenvalue weighted by atomic mass is 9.84. The Balaban J connectivity index is 2.11. The van der Waals surface area contributed by atoms with Gasteiger partial charge in [-0.15, -0.1) is 0 Å². The van der Waals surface area contributed by atoms with Gasteiger partial charge in [-0.3, -0.25) is 0 Å². The zero-order chi connectivity index (χ0) is 13.2. The van der Waals surface area contributed by atoms with Crippen LogP contribution >= 0.6 is 11.8 Å². The van der Waals surface area contributed by atoms with Crippen molar-refractivity contribution in [1.29, 1.82) is 0 Å². The highest BCUT2D eigenvalue weighted by Crippen LogP contribution is 2.42. The maximum absolute atomic E-state index is 12.1. The average Bonchev–Trinajstić information content (AvgIpc) is 2.28. The number of nitrogens with zero attached hydrogens (tertiary/aromatic N) is 1. The summed E-state index contributed by atoms with van der Waals surface area (Å²) in [4.78, 5) is 3.84. The van der Waals surface area contributed by atoms with E-state index in [9.17, 15) is 8.42 Å². The number of hydrogen-bond donors (Lipinski definition) is 2. The number of nitrogens with one attached hydrogen (secondary N) is 1. The quantitative estimate of drug-likeness (QED) is 0.850. The Hall–Kier alpha value is -0.790. The van der Waals surface area contributed by atoms with Crippen LogP contribution in [0.15, 0.2) is 23.4 Å². The van der Waals surface area contributed by atoms with Crippen molar-refractivity contribution < 1.29 is 8.42 Å². The number of anilines is 1. The molecule has 0 atom stereocenters. The summed E-state index contributed by atoms with van der Waals surface area (Å²) in [6.45, 7) is 0.437. The number of rotatable bonds is 5. The lowest BCUT2D eigenvalue weighted by Gasteiger charge is -2.40. The number of hydrogen-bond acceptors (Lipinski definition) is 5. The van der Waals surface area contributed by atoms with Crippen LogP contribution in [-0.4, -0.2) is 30.9 Å². The van der Waals surface area contributed by atoms with Crippen LogP contribution in [-0.2, 0) is 10.0 Å². The number of sulfonamides is 1. The highest BCUT2D eigenvalue weighted by Gasteiger charge is 2.37. The monoisotopic (exact) mass is 287 g/mol. The van der Waals surface area contributed by atoms with Gasteiger partial charge in [0, 0.05) is 17.5 Å². The summed E-state index contributed by atoms with van der Waals surface area (Å²) in [6, 6.07) is 3.15. The smallest absolute Gasteiger partial charge is 0.260 e. The van der Waals surface area contributed by atoms with Crippen LogP contribution < -0.4 is 10.5 Å². The van der Waals surface area contributed by atoms with E-state index in [1.807, 2.05) is 6.26 Å². The molecule has 7 heteroatoms. The standard InChI is InChI=1S/C11H17N3O2S2/c1-17-11(5-3-6-11)8-14-18(15,16)10-9(12)4-2-7-13-10/h2,4,7,14H,3,5-6,8,12H2,1H3. The molecule has 0 amide bonds. The van der Waals surface area contributed by atoms with Crippen LogP contribution in [0.4, 0.5) is 5.69 Å². The molecule has 1 aliphatic carbocycles. The Kier molecular flexibility index (Phi) is 3.84. The van der Waals surface area contributed by atoms with E-state index in [1.54, 1.807) is 17.8 Å². The summed E-state index contributed by atoms with van der Waals surface area (Å²) in [5.74, 6) is 0. The van der Waals surface area contributed by atoms with Crippen molar-refractivity contribution >= 4 is 27.5 Å². The summed E-state index contributed by atoms with van der Waals surface area (Å²) in [6.07, 6.45) is 6.71. The zero-order valence-corrected chi connectivity index (χ0v) is 11.9. The average molecular weight is 287 g/mol. The lowest BCUT2D eigenvalue weighted by Crippen LogP contribution is -2.45. The van der Waals surface area contributed by atoms with Crippen LogP contribution in [0, 0.1) is 0 Å². The van der Waals surface area contributed by atoms with Gasteiger partial charge in [0.15, 0.2) is 5.03 Å². The number of nitrogen functional groups attached to an aromatic ring is 1. The van der Waals surface area contributed by atoms with Crippen LogP contribution in [0.2, 0.25) is 0 Å². The molecule has 3 N–H and O–H groups in total. The van der Waals surface area contributed by atoms with Crippen molar-refractivity contribution in [3.05, 3.63) is 18.3 Å². The third-order valence-electron chi connectivity index (χ3n) is 3.34. The molecule has 2 rings (SSSR count). The summed E-state index contributed by atoms with van der Waals surface area (Å²) in [5, 5.41) is -0.0828. The van der Waals surface area contributed by atoms with Crippen molar-refractivity contribution in [3.63, 3.8) is 0 Å². The van der Waals surface area contributed by atoms with Gasteiger partial charge in [0.1, 0.15) is 0 Å². The van der Waals surface area contributed by atoms with Gasteiger partial charge in [0.2, 0.25) is 0 Å². The van der Waals surface area contributed by atoms with Gasteiger partial charge in [-0.05, 0) is 31.2 Å². The minimum Gasteiger partial charge on any atom is -0.396 e. The minimum atomic E-state index is -3.61. The molecule has 18 heavy (non-hydrogen) atoms. The van der Waals surface area contributed by atoms with Gasteiger partial charge < -0.3 is 5.73 Å². The summed E-state index contributed by atoms with van der Waals surface area (Å²) < 4.78 is 26.9. The Morgan fingerprint density at radius 3 is 2.78 bits per heavy atom. The molecule has 5 nitrogen and oxygen atoms in total. The Morgan fingerprint density at radius 1 is 1.56 bits per heavy atom. The van der Waals surface area contributed by atoms with Gasteiger partial charge in [-0.2, -0.15) is 11.8 Å². The topological polar surface area (TPSA) is 85.1 Å². The summed E-state index contributed by atoms with van der Waals surface area (Å²) in [7, 11) is -3.61. The van der Waals surface area contributed by atoms with Crippen molar-refractivity contribution in [2.75, 3.05) is 18.5 Å². The van der Waals surface area contributed by atoms with Gasteiger partial charge in [-0.1, -0.05) is 6.42 Å². The molecule has 0 radical (unpaired) electrons. The molecule has 0 aromatic carbocycles. The van der Waals surface area contributed by atoms with E-state index in [1.165, 1.54) is 12.3 Å². The summed E-state index contributed by atoms with van der Waals surface area (Å²) >= 11 is 1.72. The predicted molar refractivity (Wildman–Crippen MR) is 73.9 cm³/mol. The molecule has 0 unspecified atom stereocenters. The van der Waals surface area contributed by atoms with Gasteiger partial charge in [0.25, 0.3) is 10.0 Å². The largest absolute Gasteiger partial charge is 0.396 e. The zero-order valence-electron chi connectivity index (χ0n) is 10.2. The molecule has 0 bridgehead atoms. The molecule has 1 aliphatic rings. The molecule has 0 spiro atoms. The maximum Gasteiger partial charge on any atom is 0.260 e. The molecule has 100 valence electrons. The van der Waals surface area contributed by atoms with Crippen molar-refractivity contribution in [1.82, 2.24) is 9.71 Å². The molecule has 0 aliphatic heterocycles. The molecule has 1 fully saturated rings. The fraction of sp³-hybridized carbons (Fsp3) is 0.545. The van der Waals surface area contributed by atoms with Crippen LogP contribution in [0.25, 0.3) is 0 Å². The van der Waals surface area contributed by atoms with E-state index in [2.05, 4.69) is 9.71 Å². The molecule has 1 heterocycles. The molecule has 1 aromatic rings. The molecular formula is C11H17N3O2S2. The number of nitrogens with two attached hydrogens (primary N) is 1. The lowest BCUT2D eigenvalue weighted by molar-refractivity contribution is 0.361. The van der Waals surface area contributed by atoms with E-state index < -0.39 is 10.0 Å². The van der Waals surface area contributed by atoms with E-state index in [0.29, 0.717) is 6.54 Å². The summed E-state index contributed by atoms with van der Waals surface area (Å²) in [5.41, 5.74) is 5.82. The Labute approximate surface area is 112 Å². The van der Waals surface area contributed by atoms with Gasteiger partial charge in [-0.25, -0.2) is 18.1 Å². The first kappa shape index (κ1) is 13.6. The molecular weight excluding hydrogens is 270 g/mol. The first-order chi connectivity index (χ1) is 8.49. The second kappa shape index (κ2) is 5.07. The normalized spacial score (nSPS) is 18.3. The van der Waals surface area contributed by atoms with Gasteiger partial charge in [0.05, 0.1) is 5.69 Å². The Bertz CT molecular complexity index is 521. The van der Waals surface area contributed by atoms with Crippen molar-refractivity contribution in [3.8, 4) is 0 Å². The third-order valence-corrected chi connectivity index (χ3v) is 6.13. The van der Waals surface area contributed by atoms with Crippen molar-refractivity contribution in [2.45, 2.75) is 29.0 Å². The fourth-order valence-electron chi connectivity index (χ4n) is 1.95. The van der Waals surface area contributed by atoms with Crippen molar-refractivity contribution in [2.24, 2.45) is 0 Å². The van der Waals surface area contributed by atoms with Crippen LogP contribution in [0.1, 0.15) is 19.3 Å².